The van der Waals surface area contributed by atoms with Crippen molar-refractivity contribution in [1.82, 2.24) is 4.90 Å². The van der Waals surface area contributed by atoms with Crippen LogP contribution >= 0.6 is 0 Å². The van der Waals surface area contributed by atoms with E-state index in [-0.39, 0.29) is 43.7 Å². The van der Waals surface area contributed by atoms with Crippen LogP contribution in [0.1, 0.15) is 22.8 Å². The quantitative estimate of drug-likeness (QED) is 0.584. The number of hydrogen-bond acceptors (Lipinski definition) is 5. The van der Waals surface area contributed by atoms with Crippen molar-refractivity contribution in [3.8, 4) is 0 Å². The number of nitrogens with zero attached hydrogens (tertiary/aromatic N) is 3. The van der Waals surface area contributed by atoms with Crippen molar-refractivity contribution in [2.75, 3.05) is 36.4 Å². The third-order valence-corrected chi connectivity index (χ3v) is 4.84. The fourth-order valence-electron chi connectivity index (χ4n) is 3.38. The number of hydrogen-bond donors (Lipinski definition) is 1. The Morgan fingerprint density at radius 3 is 2.32 bits per heavy atom. The molecule has 1 saturated heterocycles. The van der Waals surface area contributed by atoms with Gasteiger partial charge in [0.25, 0.3) is 11.6 Å². The highest BCUT2D eigenvalue weighted by atomic mass is 19.4. The Labute approximate surface area is 175 Å². The second-order valence-electron chi connectivity index (χ2n) is 7.00. The lowest BCUT2D eigenvalue weighted by Gasteiger charge is -2.36. The lowest BCUT2D eigenvalue weighted by atomic mass is 10.1. The first-order valence-electron chi connectivity index (χ1n) is 9.34. The van der Waals surface area contributed by atoms with Gasteiger partial charge in [0.05, 0.1) is 10.5 Å². The second-order valence-corrected chi connectivity index (χ2v) is 7.00. The van der Waals surface area contributed by atoms with Gasteiger partial charge >= 0.3 is 6.18 Å². The number of nitro groups is 1. The van der Waals surface area contributed by atoms with Crippen molar-refractivity contribution in [3.05, 3.63) is 63.7 Å². The van der Waals surface area contributed by atoms with Gasteiger partial charge in [0.2, 0.25) is 5.91 Å². The predicted molar refractivity (Wildman–Crippen MR) is 107 cm³/mol. The van der Waals surface area contributed by atoms with E-state index in [9.17, 15) is 32.9 Å². The summed E-state index contributed by atoms with van der Waals surface area (Å²) in [5, 5.41) is 13.9. The minimum Gasteiger partial charge on any atom is -0.362 e. The van der Waals surface area contributed by atoms with Crippen LogP contribution in [0.4, 0.5) is 30.2 Å². The molecule has 1 aliphatic heterocycles. The van der Waals surface area contributed by atoms with Gasteiger partial charge in [-0.05, 0) is 30.3 Å². The highest BCUT2D eigenvalue weighted by Crippen LogP contribution is 2.36. The molecule has 0 atom stereocenters. The lowest BCUT2D eigenvalue weighted by molar-refractivity contribution is -0.384. The molecule has 164 valence electrons. The average molecular weight is 436 g/mol. The Morgan fingerprint density at radius 2 is 1.74 bits per heavy atom. The van der Waals surface area contributed by atoms with E-state index in [1.54, 1.807) is 34.1 Å². The highest BCUT2D eigenvalue weighted by Gasteiger charge is 2.34. The summed E-state index contributed by atoms with van der Waals surface area (Å²) >= 11 is 0. The number of alkyl halides is 3. The lowest BCUT2D eigenvalue weighted by Crippen LogP contribution is -2.49. The molecule has 0 radical (unpaired) electrons. The summed E-state index contributed by atoms with van der Waals surface area (Å²) in [6.07, 6.45) is -4.68. The van der Waals surface area contributed by atoms with Crippen LogP contribution in [0.15, 0.2) is 42.5 Å². The molecule has 1 fully saturated rings. The minimum absolute atomic E-state index is 0.0813. The minimum atomic E-state index is -4.68. The number of carbonyl (C=O) groups excluding carboxylic acids is 2. The number of benzene rings is 2. The van der Waals surface area contributed by atoms with Crippen molar-refractivity contribution < 1.29 is 27.7 Å². The molecule has 0 aromatic heterocycles. The van der Waals surface area contributed by atoms with Gasteiger partial charge in [-0.15, -0.1) is 0 Å². The third-order valence-electron chi connectivity index (χ3n) is 4.84. The predicted octanol–water partition coefficient (Wildman–Crippen LogP) is 3.53. The van der Waals surface area contributed by atoms with Crippen molar-refractivity contribution in [3.63, 3.8) is 0 Å². The summed E-state index contributed by atoms with van der Waals surface area (Å²) < 4.78 is 38.7. The third kappa shape index (κ3) is 5.11. The largest absolute Gasteiger partial charge is 0.416 e. The van der Waals surface area contributed by atoms with Gasteiger partial charge in [-0.1, -0.05) is 6.07 Å². The molecule has 2 amide bonds. The molecule has 0 saturated carbocycles. The normalized spacial score (nSPS) is 14.3. The Morgan fingerprint density at radius 1 is 1.06 bits per heavy atom. The monoisotopic (exact) mass is 436 g/mol. The van der Waals surface area contributed by atoms with Crippen LogP contribution in [-0.2, 0) is 11.0 Å². The molecule has 31 heavy (non-hydrogen) atoms. The van der Waals surface area contributed by atoms with E-state index in [0.29, 0.717) is 17.3 Å². The summed E-state index contributed by atoms with van der Waals surface area (Å²) in [6, 6.07) is 8.89. The number of amides is 2. The van der Waals surface area contributed by atoms with E-state index < -0.39 is 22.4 Å². The zero-order chi connectivity index (χ0) is 22.8. The van der Waals surface area contributed by atoms with Crippen LogP contribution in [0, 0.1) is 10.1 Å². The SMILES string of the molecule is CC(=O)Nc1cccc(C(=O)N2CCN(c3ccc(C(F)(F)F)cc3[N+](=O)[O-])CC2)c1. The fourth-order valence-corrected chi connectivity index (χ4v) is 3.38. The summed E-state index contributed by atoms with van der Waals surface area (Å²) in [4.78, 5) is 37.6. The average Bonchev–Trinajstić information content (AvgIpc) is 2.72. The van der Waals surface area contributed by atoms with Gasteiger partial charge in [0.1, 0.15) is 5.69 Å². The Hall–Kier alpha value is -3.63. The molecule has 11 heteroatoms. The van der Waals surface area contributed by atoms with E-state index >= 15 is 0 Å². The molecule has 2 aromatic carbocycles. The molecule has 0 bridgehead atoms. The first-order valence-corrected chi connectivity index (χ1v) is 9.34. The summed E-state index contributed by atoms with van der Waals surface area (Å²) in [6.45, 7) is 2.28. The molecule has 2 aromatic rings. The molecule has 8 nitrogen and oxygen atoms in total. The van der Waals surface area contributed by atoms with Crippen LogP contribution in [0.5, 0.6) is 0 Å². The fraction of sp³-hybridized carbons (Fsp3) is 0.300. The summed E-state index contributed by atoms with van der Waals surface area (Å²) in [7, 11) is 0. The van der Waals surface area contributed by atoms with Gasteiger partial charge in [-0.3, -0.25) is 19.7 Å². The Bertz CT molecular complexity index is 1020. The van der Waals surface area contributed by atoms with Crippen LogP contribution in [0.25, 0.3) is 0 Å². The molecule has 1 aliphatic rings. The number of piperazine rings is 1. The van der Waals surface area contributed by atoms with E-state index in [2.05, 4.69) is 5.32 Å². The standard InChI is InChI=1S/C20H19F3N4O4/c1-13(28)24-16-4-2-3-14(11-16)19(29)26-9-7-25(8-10-26)17-6-5-15(20(21,22)23)12-18(17)27(30)31/h2-6,11-12H,7-10H2,1H3,(H,24,28). The van der Waals surface area contributed by atoms with Gasteiger partial charge in [-0.25, -0.2) is 0 Å². The van der Waals surface area contributed by atoms with Crippen LogP contribution < -0.4 is 10.2 Å². The summed E-state index contributed by atoms with van der Waals surface area (Å²) in [5.74, 6) is -0.537. The zero-order valence-electron chi connectivity index (χ0n) is 16.5. The van der Waals surface area contributed by atoms with Crippen LogP contribution in [0.3, 0.4) is 0 Å². The molecule has 1 N–H and O–H groups in total. The molecular weight excluding hydrogens is 417 g/mol. The van der Waals surface area contributed by atoms with Crippen LogP contribution in [0.2, 0.25) is 0 Å². The number of carbonyl (C=O) groups is 2. The molecule has 3 rings (SSSR count). The number of rotatable bonds is 4. The second kappa shape index (κ2) is 8.62. The maximum Gasteiger partial charge on any atom is 0.416 e. The number of nitrogens with one attached hydrogen (secondary N) is 1. The smallest absolute Gasteiger partial charge is 0.362 e. The van der Waals surface area contributed by atoms with Crippen LogP contribution in [-0.4, -0.2) is 47.8 Å². The summed E-state index contributed by atoms with van der Waals surface area (Å²) in [5.41, 5.74) is -0.774. The first-order chi connectivity index (χ1) is 14.6. The van der Waals surface area contributed by atoms with Gasteiger partial charge in [-0.2, -0.15) is 13.2 Å². The first kappa shape index (κ1) is 22.1. The van der Waals surface area contributed by atoms with Gasteiger partial charge in [0, 0.05) is 50.4 Å². The maximum absolute atomic E-state index is 12.9. The maximum atomic E-state index is 12.9. The van der Waals surface area contributed by atoms with E-state index in [0.717, 1.165) is 12.1 Å². The number of nitro benzene ring substituents is 1. The van der Waals surface area contributed by atoms with E-state index in [4.69, 9.17) is 0 Å². The van der Waals surface area contributed by atoms with E-state index in [1.807, 2.05) is 0 Å². The van der Waals surface area contributed by atoms with Gasteiger partial charge < -0.3 is 15.1 Å². The molecular formula is C20H19F3N4O4. The number of anilines is 2. The van der Waals surface area contributed by atoms with Crippen molar-refractivity contribution in [2.45, 2.75) is 13.1 Å². The topological polar surface area (TPSA) is 95.8 Å². The molecule has 0 aliphatic carbocycles. The number of halogens is 3. The Kier molecular flexibility index (Phi) is 6.14. The molecule has 1 heterocycles. The molecule has 0 spiro atoms. The molecule has 0 unspecified atom stereocenters. The van der Waals surface area contributed by atoms with Crippen molar-refractivity contribution in [2.24, 2.45) is 0 Å². The van der Waals surface area contributed by atoms with Crippen molar-refractivity contribution in [1.29, 1.82) is 0 Å². The zero-order valence-corrected chi connectivity index (χ0v) is 16.5. The van der Waals surface area contributed by atoms with Crippen molar-refractivity contribution >= 4 is 28.9 Å². The highest BCUT2D eigenvalue weighted by molar-refractivity contribution is 5.97. The van der Waals surface area contributed by atoms with Gasteiger partial charge in [0.15, 0.2) is 0 Å². The van der Waals surface area contributed by atoms with E-state index in [1.165, 1.54) is 6.92 Å². The Balaban J connectivity index is 1.73.